The van der Waals surface area contributed by atoms with Gasteiger partial charge in [0.1, 0.15) is 0 Å². The first kappa shape index (κ1) is 14.0. The summed E-state index contributed by atoms with van der Waals surface area (Å²) in [5.74, 6) is 7.73. The second-order valence-corrected chi connectivity index (χ2v) is 7.46. The largest absolute Gasteiger partial charge is 0.336 e. The fraction of sp³-hybridized carbons (Fsp3) is 0.500. The molecule has 18 heavy (non-hydrogen) atoms. The van der Waals surface area contributed by atoms with Crippen LogP contribution in [-0.2, 0) is 6.54 Å². The molecule has 1 aliphatic heterocycles. The normalized spacial score (nSPS) is 18.5. The zero-order valence-electron chi connectivity index (χ0n) is 11.0. The molecule has 2 rings (SSSR count). The summed E-state index contributed by atoms with van der Waals surface area (Å²) in [6, 6.07) is 8.77. The summed E-state index contributed by atoms with van der Waals surface area (Å²) in [4.78, 5) is 2.54. The molecular weight excluding hydrogens is 260 g/mol. The fourth-order valence-corrected chi connectivity index (χ4v) is 3.57. The van der Waals surface area contributed by atoms with Crippen molar-refractivity contribution in [1.82, 2.24) is 4.90 Å². The van der Waals surface area contributed by atoms with Gasteiger partial charge in [-0.05, 0) is 17.7 Å². The van der Waals surface area contributed by atoms with Crippen LogP contribution in [0.4, 0.5) is 5.69 Å². The Morgan fingerprint density at radius 2 is 2.17 bits per heavy atom. The maximum absolute atomic E-state index is 4.10. The summed E-state index contributed by atoms with van der Waals surface area (Å²) in [5, 5.41) is 0. The van der Waals surface area contributed by atoms with Gasteiger partial charge in [0.05, 0.1) is 0 Å². The van der Waals surface area contributed by atoms with Gasteiger partial charge < -0.3 is 4.72 Å². The van der Waals surface area contributed by atoms with Gasteiger partial charge in [-0.25, -0.2) is 0 Å². The molecule has 1 aromatic carbocycles. The molecule has 1 aromatic rings. The maximum Gasteiger partial charge on any atom is 0.0438 e. The van der Waals surface area contributed by atoms with E-state index in [0.717, 1.165) is 12.3 Å². The van der Waals surface area contributed by atoms with Gasteiger partial charge in [-0.15, -0.1) is 10.7 Å². The Labute approximate surface area is 117 Å². The maximum atomic E-state index is 4.10. The number of nitrogens with zero attached hydrogens (tertiary/aromatic N) is 1. The zero-order valence-corrected chi connectivity index (χ0v) is 12.7. The molecule has 1 aliphatic rings. The summed E-state index contributed by atoms with van der Waals surface area (Å²) < 4.78 is 3.46. The van der Waals surface area contributed by atoms with E-state index in [9.17, 15) is 0 Å². The topological polar surface area (TPSA) is 15.3 Å². The molecule has 1 unspecified atom stereocenters. The highest BCUT2D eigenvalue weighted by Gasteiger charge is 2.10. The van der Waals surface area contributed by atoms with Crippen molar-refractivity contribution in [1.29, 1.82) is 0 Å². The highest BCUT2D eigenvalue weighted by atomic mass is 32.2. The highest BCUT2D eigenvalue weighted by molar-refractivity contribution is 8.15. The smallest absolute Gasteiger partial charge is 0.0438 e. The Balaban J connectivity index is 1.95. The number of anilines is 1. The van der Waals surface area contributed by atoms with Gasteiger partial charge in [-0.2, -0.15) is 11.8 Å². The predicted octanol–water partition coefficient (Wildman–Crippen LogP) is 3.28. The lowest BCUT2D eigenvalue weighted by atomic mass is 10.2. The van der Waals surface area contributed by atoms with Gasteiger partial charge >= 0.3 is 0 Å². The molecule has 1 atom stereocenters. The molecule has 0 aliphatic carbocycles. The molecule has 4 heteroatoms. The molecule has 1 N–H and O–H groups in total. The van der Waals surface area contributed by atoms with Gasteiger partial charge in [0.25, 0.3) is 0 Å². The van der Waals surface area contributed by atoms with Crippen LogP contribution in [0.2, 0.25) is 0 Å². The van der Waals surface area contributed by atoms with Gasteiger partial charge in [0.2, 0.25) is 0 Å². The lowest BCUT2D eigenvalue weighted by molar-refractivity contribution is 0.294. The van der Waals surface area contributed by atoms with E-state index in [2.05, 4.69) is 58.4 Å². The SMILES string of the molecule is C=S(CC)Nc1cccc(CN2CCSCC2)c1. The average Bonchev–Trinajstić information content (AvgIpc) is 2.40. The van der Waals surface area contributed by atoms with E-state index in [1.165, 1.54) is 35.8 Å². The van der Waals surface area contributed by atoms with Crippen LogP contribution in [0.25, 0.3) is 0 Å². The first-order valence-corrected chi connectivity index (χ1v) is 9.16. The van der Waals surface area contributed by atoms with Crippen LogP contribution in [-0.4, -0.2) is 41.1 Å². The third-order valence-electron chi connectivity index (χ3n) is 3.05. The van der Waals surface area contributed by atoms with E-state index < -0.39 is 0 Å². The van der Waals surface area contributed by atoms with Crippen LogP contribution in [0, 0.1) is 0 Å². The van der Waals surface area contributed by atoms with Crippen molar-refractivity contribution in [2.45, 2.75) is 13.5 Å². The van der Waals surface area contributed by atoms with E-state index in [-0.39, 0.29) is 10.7 Å². The van der Waals surface area contributed by atoms with E-state index in [0.29, 0.717) is 0 Å². The number of nitrogens with one attached hydrogen (secondary N) is 1. The van der Waals surface area contributed by atoms with Crippen LogP contribution in [0.1, 0.15) is 12.5 Å². The van der Waals surface area contributed by atoms with Gasteiger partial charge in [-0.1, -0.05) is 24.9 Å². The lowest BCUT2D eigenvalue weighted by Gasteiger charge is -2.26. The van der Waals surface area contributed by atoms with Gasteiger partial charge in [0.15, 0.2) is 0 Å². The Hall–Kier alpha value is -0.450. The summed E-state index contributed by atoms with van der Waals surface area (Å²) in [6.07, 6.45) is 0. The minimum atomic E-state index is 0.0401. The van der Waals surface area contributed by atoms with E-state index in [1.807, 2.05) is 0 Å². The molecule has 0 amide bonds. The minimum Gasteiger partial charge on any atom is -0.336 e. The third-order valence-corrected chi connectivity index (χ3v) is 5.21. The molecule has 1 heterocycles. The first-order chi connectivity index (χ1) is 8.78. The number of hydrogen-bond donors (Lipinski definition) is 1. The standard InChI is InChI=1S/C14H22N2S2/c1-3-18(2)15-14-6-4-5-13(11-14)12-16-7-9-17-10-8-16/h4-6,11,15H,2-3,7-10,12H2,1H3. The highest BCUT2D eigenvalue weighted by Crippen LogP contribution is 2.19. The molecule has 2 nitrogen and oxygen atoms in total. The molecule has 0 spiro atoms. The van der Waals surface area contributed by atoms with Crippen molar-refractivity contribution in [2.24, 2.45) is 0 Å². The quantitative estimate of drug-likeness (QED) is 0.834. The van der Waals surface area contributed by atoms with Crippen molar-refractivity contribution < 1.29 is 0 Å². The summed E-state index contributed by atoms with van der Waals surface area (Å²) in [7, 11) is 0.0401. The lowest BCUT2D eigenvalue weighted by Crippen LogP contribution is -2.31. The van der Waals surface area contributed by atoms with Crippen LogP contribution in [0.15, 0.2) is 24.3 Å². The predicted molar refractivity (Wildman–Crippen MR) is 87.9 cm³/mol. The number of benzene rings is 1. The second-order valence-electron chi connectivity index (χ2n) is 4.47. The number of thioether (sulfide) groups is 1. The Morgan fingerprint density at radius 3 is 2.89 bits per heavy atom. The van der Waals surface area contributed by atoms with Crippen LogP contribution in [0.3, 0.4) is 0 Å². The van der Waals surface area contributed by atoms with Crippen molar-refractivity contribution in [2.75, 3.05) is 35.1 Å². The minimum absolute atomic E-state index is 0.0401. The van der Waals surface area contributed by atoms with Gasteiger partial charge in [-0.3, -0.25) is 4.90 Å². The molecule has 1 fully saturated rings. The van der Waals surface area contributed by atoms with E-state index >= 15 is 0 Å². The molecule has 1 saturated heterocycles. The Kier molecular flexibility index (Phi) is 5.60. The fourth-order valence-electron chi connectivity index (χ4n) is 1.99. The average molecular weight is 282 g/mol. The zero-order chi connectivity index (χ0) is 12.8. The summed E-state index contributed by atoms with van der Waals surface area (Å²) in [5.41, 5.74) is 2.61. The number of hydrogen-bond acceptors (Lipinski definition) is 3. The van der Waals surface area contributed by atoms with Crippen molar-refractivity contribution in [3.05, 3.63) is 29.8 Å². The first-order valence-electron chi connectivity index (χ1n) is 6.44. The molecule has 0 saturated carbocycles. The van der Waals surface area contributed by atoms with Crippen molar-refractivity contribution in [3.8, 4) is 0 Å². The summed E-state index contributed by atoms with van der Waals surface area (Å²) in [6.45, 7) is 5.68. The Bertz CT molecular complexity index is 401. The van der Waals surface area contributed by atoms with E-state index in [4.69, 9.17) is 0 Å². The van der Waals surface area contributed by atoms with Crippen LogP contribution >= 0.6 is 22.4 Å². The van der Waals surface area contributed by atoms with Crippen molar-refractivity contribution >= 4 is 34.0 Å². The molecule has 0 radical (unpaired) electrons. The monoisotopic (exact) mass is 282 g/mol. The Morgan fingerprint density at radius 1 is 1.39 bits per heavy atom. The van der Waals surface area contributed by atoms with Gasteiger partial charge in [0, 0.05) is 42.6 Å². The molecule has 0 bridgehead atoms. The molecule has 0 aromatic heterocycles. The molecule has 100 valence electrons. The molecular formula is C14H22N2S2. The third kappa shape index (κ3) is 4.34. The number of rotatable bonds is 5. The summed E-state index contributed by atoms with van der Waals surface area (Å²) >= 11 is 2.06. The second kappa shape index (κ2) is 7.22. The van der Waals surface area contributed by atoms with Crippen molar-refractivity contribution in [3.63, 3.8) is 0 Å². The van der Waals surface area contributed by atoms with E-state index in [1.54, 1.807) is 0 Å². The van der Waals surface area contributed by atoms with Crippen LogP contribution < -0.4 is 4.72 Å². The van der Waals surface area contributed by atoms with Crippen LogP contribution in [0.5, 0.6) is 0 Å².